The van der Waals surface area contributed by atoms with Gasteiger partial charge in [-0.1, -0.05) is 6.07 Å². The Bertz CT molecular complexity index is 730. The monoisotopic (exact) mass is 343 g/mol. The van der Waals surface area contributed by atoms with Gasteiger partial charge in [0.25, 0.3) is 0 Å². The van der Waals surface area contributed by atoms with Gasteiger partial charge in [-0.15, -0.1) is 0 Å². The molecule has 2 N–H and O–H groups in total. The Morgan fingerprint density at radius 3 is 2.96 bits per heavy atom. The SMILES string of the molecule is COc1cccc(NC(=O)N2CCC[C@@H]2C(=O)NCc2ccco2)c1. The van der Waals surface area contributed by atoms with Crippen molar-refractivity contribution >= 4 is 17.6 Å². The number of nitrogens with zero attached hydrogens (tertiary/aromatic N) is 1. The largest absolute Gasteiger partial charge is 0.497 e. The second-order valence-electron chi connectivity index (χ2n) is 5.81. The van der Waals surface area contributed by atoms with Gasteiger partial charge in [-0.25, -0.2) is 4.79 Å². The summed E-state index contributed by atoms with van der Waals surface area (Å²) in [5, 5.41) is 5.64. The number of ether oxygens (including phenoxy) is 1. The van der Waals surface area contributed by atoms with Gasteiger partial charge in [0.2, 0.25) is 5.91 Å². The fraction of sp³-hybridized carbons (Fsp3) is 0.333. The summed E-state index contributed by atoms with van der Waals surface area (Å²) in [7, 11) is 1.57. The van der Waals surface area contributed by atoms with E-state index in [1.54, 1.807) is 54.7 Å². The summed E-state index contributed by atoms with van der Waals surface area (Å²) in [6.07, 6.45) is 3.00. The van der Waals surface area contributed by atoms with Crippen LogP contribution in [0.25, 0.3) is 0 Å². The minimum absolute atomic E-state index is 0.172. The van der Waals surface area contributed by atoms with Crippen molar-refractivity contribution in [1.29, 1.82) is 0 Å². The van der Waals surface area contributed by atoms with Gasteiger partial charge in [-0.2, -0.15) is 0 Å². The zero-order chi connectivity index (χ0) is 17.6. The molecule has 0 aliphatic carbocycles. The zero-order valence-corrected chi connectivity index (χ0v) is 14.0. The average molecular weight is 343 g/mol. The third-order valence-corrected chi connectivity index (χ3v) is 4.15. The van der Waals surface area contributed by atoms with Crippen molar-refractivity contribution in [3.05, 3.63) is 48.4 Å². The van der Waals surface area contributed by atoms with E-state index in [1.165, 1.54) is 0 Å². The molecule has 2 aromatic rings. The topological polar surface area (TPSA) is 83.8 Å². The average Bonchev–Trinajstić information content (AvgIpc) is 3.31. The highest BCUT2D eigenvalue weighted by Gasteiger charge is 2.34. The van der Waals surface area contributed by atoms with Crippen LogP contribution in [0.3, 0.4) is 0 Å². The molecule has 7 nitrogen and oxygen atoms in total. The van der Waals surface area contributed by atoms with Crippen LogP contribution in [0.2, 0.25) is 0 Å². The first-order valence-corrected chi connectivity index (χ1v) is 8.19. The van der Waals surface area contributed by atoms with Gasteiger partial charge in [-0.05, 0) is 37.1 Å². The maximum Gasteiger partial charge on any atom is 0.322 e. The highest BCUT2D eigenvalue weighted by Crippen LogP contribution is 2.21. The van der Waals surface area contributed by atoms with E-state index in [0.717, 1.165) is 6.42 Å². The number of amides is 3. The summed E-state index contributed by atoms with van der Waals surface area (Å²) in [6, 6.07) is 9.92. The van der Waals surface area contributed by atoms with Crippen molar-refractivity contribution in [1.82, 2.24) is 10.2 Å². The van der Waals surface area contributed by atoms with Gasteiger partial charge in [0, 0.05) is 18.3 Å². The molecule has 1 fully saturated rings. The summed E-state index contributed by atoms with van der Waals surface area (Å²) in [4.78, 5) is 26.5. The Balaban J connectivity index is 1.59. The zero-order valence-electron chi connectivity index (χ0n) is 14.0. The lowest BCUT2D eigenvalue weighted by atomic mass is 10.2. The Morgan fingerprint density at radius 1 is 1.32 bits per heavy atom. The van der Waals surface area contributed by atoms with E-state index in [-0.39, 0.29) is 11.9 Å². The lowest BCUT2D eigenvalue weighted by Gasteiger charge is -2.24. The van der Waals surface area contributed by atoms with Gasteiger partial charge in [-0.3, -0.25) is 4.79 Å². The van der Waals surface area contributed by atoms with E-state index in [1.807, 2.05) is 0 Å². The Kier molecular flexibility index (Phi) is 5.23. The molecule has 0 bridgehead atoms. The molecule has 0 unspecified atom stereocenters. The van der Waals surface area contributed by atoms with Crippen LogP contribution in [0.1, 0.15) is 18.6 Å². The van der Waals surface area contributed by atoms with Crippen LogP contribution in [-0.4, -0.2) is 36.5 Å². The van der Waals surface area contributed by atoms with Crippen molar-refractivity contribution in [2.45, 2.75) is 25.4 Å². The summed E-state index contributed by atoms with van der Waals surface area (Å²) in [6.45, 7) is 0.863. The second kappa shape index (κ2) is 7.74. The lowest BCUT2D eigenvalue weighted by molar-refractivity contribution is -0.124. The van der Waals surface area contributed by atoms with Crippen LogP contribution in [0.5, 0.6) is 5.75 Å². The smallest absolute Gasteiger partial charge is 0.322 e. The predicted molar refractivity (Wildman–Crippen MR) is 92.3 cm³/mol. The van der Waals surface area contributed by atoms with E-state index in [2.05, 4.69) is 10.6 Å². The summed E-state index contributed by atoms with van der Waals surface area (Å²) in [5.41, 5.74) is 0.631. The van der Waals surface area contributed by atoms with E-state index in [9.17, 15) is 9.59 Å². The quantitative estimate of drug-likeness (QED) is 0.874. The van der Waals surface area contributed by atoms with Crippen molar-refractivity contribution in [3.8, 4) is 5.75 Å². The number of rotatable bonds is 5. The number of carbonyl (C=O) groups excluding carboxylic acids is 2. The number of carbonyl (C=O) groups is 2. The Labute approximate surface area is 145 Å². The van der Waals surface area contributed by atoms with Gasteiger partial charge >= 0.3 is 6.03 Å². The van der Waals surface area contributed by atoms with Crippen LogP contribution >= 0.6 is 0 Å². The standard InChI is InChI=1S/C18H21N3O4/c1-24-14-6-2-5-13(11-14)20-18(23)21-9-3-8-16(21)17(22)19-12-15-7-4-10-25-15/h2,4-7,10-11,16H,3,8-9,12H2,1H3,(H,19,22)(H,20,23)/t16-/m1/s1. The minimum Gasteiger partial charge on any atom is -0.497 e. The lowest BCUT2D eigenvalue weighted by Crippen LogP contribution is -2.47. The molecule has 1 aliphatic rings. The number of anilines is 1. The molecule has 1 saturated heterocycles. The fourth-order valence-corrected chi connectivity index (χ4v) is 2.88. The molecular weight excluding hydrogens is 322 g/mol. The molecule has 1 aliphatic heterocycles. The van der Waals surface area contributed by atoms with Gasteiger partial charge in [0.15, 0.2) is 0 Å². The molecular formula is C18H21N3O4. The van der Waals surface area contributed by atoms with Crippen LogP contribution in [0.4, 0.5) is 10.5 Å². The molecule has 1 atom stereocenters. The molecule has 7 heteroatoms. The van der Waals surface area contributed by atoms with Crippen LogP contribution < -0.4 is 15.4 Å². The summed E-state index contributed by atoms with van der Waals surface area (Å²) < 4.78 is 10.4. The maximum atomic E-state index is 12.5. The molecule has 1 aromatic heterocycles. The third kappa shape index (κ3) is 4.12. The van der Waals surface area contributed by atoms with E-state index >= 15 is 0 Å². The third-order valence-electron chi connectivity index (χ3n) is 4.15. The first-order chi connectivity index (χ1) is 12.2. The summed E-state index contributed by atoms with van der Waals surface area (Å²) in [5.74, 6) is 1.17. The van der Waals surface area contributed by atoms with Crippen molar-refractivity contribution in [2.24, 2.45) is 0 Å². The number of urea groups is 1. The first kappa shape index (κ1) is 16.9. The highest BCUT2D eigenvalue weighted by atomic mass is 16.5. The number of likely N-dealkylation sites (tertiary alicyclic amines) is 1. The number of hydrogen-bond donors (Lipinski definition) is 2. The maximum absolute atomic E-state index is 12.5. The van der Waals surface area contributed by atoms with Crippen LogP contribution in [-0.2, 0) is 11.3 Å². The number of benzene rings is 1. The molecule has 3 rings (SSSR count). The molecule has 0 radical (unpaired) electrons. The number of methoxy groups -OCH3 is 1. The van der Waals surface area contributed by atoms with Crippen LogP contribution in [0.15, 0.2) is 47.1 Å². The fourth-order valence-electron chi connectivity index (χ4n) is 2.88. The molecule has 0 saturated carbocycles. The van der Waals surface area contributed by atoms with Crippen molar-refractivity contribution in [2.75, 3.05) is 19.0 Å². The number of nitrogens with one attached hydrogen (secondary N) is 2. The summed E-state index contributed by atoms with van der Waals surface area (Å²) >= 11 is 0. The van der Waals surface area contributed by atoms with Crippen molar-refractivity contribution in [3.63, 3.8) is 0 Å². The van der Waals surface area contributed by atoms with Crippen molar-refractivity contribution < 1.29 is 18.7 Å². The number of hydrogen-bond acceptors (Lipinski definition) is 4. The molecule has 3 amide bonds. The molecule has 25 heavy (non-hydrogen) atoms. The molecule has 2 heterocycles. The van der Waals surface area contributed by atoms with Gasteiger partial charge in [0.1, 0.15) is 17.6 Å². The Hall–Kier alpha value is -2.96. The van der Waals surface area contributed by atoms with Crippen LogP contribution in [0, 0.1) is 0 Å². The number of furan rings is 1. The van der Waals surface area contributed by atoms with E-state index in [4.69, 9.17) is 9.15 Å². The normalized spacial score (nSPS) is 16.5. The van der Waals surface area contributed by atoms with E-state index in [0.29, 0.717) is 36.7 Å². The van der Waals surface area contributed by atoms with E-state index < -0.39 is 6.04 Å². The van der Waals surface area contributed by atoms with Gasteiger partial charge in [0.05, 0.1) is 19.9 Å². The van der Waals surface area contributed by atoms with Gasteiger partial charge < -0.3 is 24.7 Å². The predicted octanol–water partition coefficient (Wildman–Crippen LogP) is 2.60. The molecule has 0 spiro atoms. The minimum atomic E-state index is -0.472. The first-order valence-electron chi connectivity index (χ1n) is 8.19. The Morgan fingerprint density at radius 2 is 2.20 bits per heavy atom. The molecule has 1 aromatic carbocycles. The highest BCUT2D eigenvalue weighted by molar-refractivity contribution is 5.94. The second-order valence-corrected chi connectivity index (χ2v) is 5.81. The molecule has 132 valence electrons.